The Kier molecular flexibility index (Phi) is 8.23. The summed E-state index contributed by atoms with van der Waals surface area (Å²) in [7, 11) is 5.08. The number of ether oxygens (including phenoxy) is 2. The smallest absolute Gasteiger partial charge is 0.191 e. The monoisotopic (exact) mass is 440 g/mol. The van der Waals surface area contributed by atoms with Crippen LogP contribution in [0, 0.1) is 0 Å². The Morgan fingerprint density at radius 3 is 2.44 bits per heavy atom. The van der Waals surface area contributed by atoms with Crippen LogP contribution in [-0.4, -0.2) is 57.3 Å². The van der Waals surface area contributed by atoms with Crippen molar-refractivity contribution >= 4 is 21.9 Å². The highest BCUT2D eigenvalue weighted by molar-refractivity contribution is 9.10. The molecule has 1 saturated heterocycles. The largest absolute Gasteiger partial charge is 0.493 e. The van der Waals surface area contributed by atoms with Crippen molar-refractivity contribution in [3.63, 3.8) is 0 Å². The summed E-state index contributed by atoms with van der Waals surface area (Å²) < 4.78 is 11.7. The zero-order valence-corrected chi connectivity index (χ0v) is 18.8. The normalized spacial score (nSPS) is 16.1. The molecule has 0 saturated carbocycles. The summed E-state index contributed by atoms with van der Waals surface area (Å²) in [6.45, 7) is 8.44. The van der Waals surface area contributed by atoms with Gasteiger partial charge in [-0.25, -0.2) is 0 Å². The first-order chi connectivity index (χ1) is 12.9. The van der Waals surface area contributed by atoms with Crippen LogP contribution in [0.25, 0.3) is 0 Å². The maximum absolute atomic E-state index is 5.42. The lowest BCUT2D eigenvalue weighted by Crippen LogP contribution is -2.54. The quantitative estimate of drug-likeness (QED) is 0.502. The fourth-order valence-corrected chi connectivity index (χ4v) is 4.04. The van der Waals surface area contributed by atoms with Crippen LogP contribution in [0.2, 0.25) is 0 Å². The SMILES string of the molecule is CN=C(NCc1cc(Br)c(OC)c(OC)c1)NCC(C)(C)N1CCCCC1. The molecule has 0 spiro atoms. The zero-order valence-electron chi connectivity index (χ0n) is 17.2. The molecular weight excluding hydrogens is 408 g/mol. The average Bonchev–Trinajstić information content (AvgIpc) is 2.68. The molecule has 0 bridgehead atoms. The van der Waals surface area contributed by atoms with Crippen LogP contribution in [0.15, 0.2) is 21.6 Å². The van der Waals surface area contributed by atoms with E-state index in [-0.39, 0.29) is 5.54 Å². The van der Waals surface area contributed by atoms with E-state index >= 15 is 0 Å². The van der Waals surface area contributed by atoms with Gasteiger partial charge < -0.3 is 20.1 Å². The molecule has 6 nitrogen and oxygen atoms in total. The summed E-state index contributed by atoms with van der Waals surface area (Å²) in [5, 5.41) is 6.85. The number of aliphatic imine (C=N–C) groups is 1. The first kappa shape index (κ1) is 21.8. The number of nitrogens with one attached hydrogen (secondary N) is 2. The number of halogens is 1. The van der Waals surface area contributed by atoms with E-state index in [0.29, 0.717) is 18.0 Å². The van der Waals surface area contributed by atoms with Gasteiger partial charge in [0.1, 0.15) is 0 Å². The molecule has 1 aliphatic heterocycles. The Balaban J connectivity index is 1.93. The number of hydrogen-bond acceptors (Lipinski definition) is 4. The minimum Gasteiger partial charge on any atom is -0.493 e. The molecule has 0 radical (unpaired) electrons. The molecule has 152 valence electrons. The molecule has 0 aliphatic carbocycles. The van der Waals surface area contributed by atoms with Gasteiger partial charge in [0.25, 0.3) is 0 Å². The van der Waals surface area contributed by atoms with Gasteiger partial charge in [-0.15, -0.1) is 0 Å². The number of benzene rings is 1. The molecule has 2 N–H and O–H groups in total. The number of guanidine groups is 1. The van der Waals surface area contributed by atoms with E-state index < -0.39 is 0 Å². The van der Waals surface area contributed by atoms with E-state index in [1.54, 1.807) is 21.3 Å². The fraction of sp³-hybridized carbons (Fsp3) is 0.650. The molecule has 2 rings (SSSR count). The number of nitrogens with zero attached hydrogens (tertiary/aromatic N) is 2. The van der Waals surface area contributed by atoms with E-state index in [9.17, 15) is 0 Å². The molecule has 1 fully saturated rings. The second-order valence-electron chi connectivity index (χ2n) is 7.45. The molecule has 1 aromatic carbocycles. The molecule has 0 aromatic heterocycles. The van der Waals surface area contributed by atoms with Crippen LogP contribution in [0.5, 0.6) is 11.5 Å². The molecular formula is C20H33BrN4O2. The van der Waals surface area contributed by atoms with Gasteiger partial charge in [0.2, 0.25) is 0 Å². The van der Waals surface area contributed by atoms with Crippen molar-refractivity contribution in [2.24, 2.45) is 4.99 Å². The van der Waals surface area contributed by atoms with Crippen molar-refractivity contribution < 1.29 is 9.47 Å². The van der Waals surface area contributed by atoms with Crippen LogP contribution < -0.4 is 20.1 Å². The number of hydrogen-bond donors (Lipinski definition) is 2. The lowest BCUT2D eigenvalue weighted by atomic mass is 9.98. The Bertz CT molecular complexity index is 643. The van der Waals surface area contributed by atoms with Gasteiger partial charge in [-0.3, -0.25) is 9.89 Å². The minimum atomic E-state index is 0.102. The summed E-state index contributed by atoms with van der Waals surface area (Å²) >= 11 is 3.54. The third kappa shape index (κ3) is 6.01. The van der Waals surface area contributed by atoms with Crippen molar-refractivity contribution in [3.05, 3.63) is 22.2 Å². The van der Waals surface area contributed by atoms with Gasteiger partial charge >= 0.3 is 0 Å². The Hall–Kier alpha value is -1.47. The molecule has 0 unspecified atom stereocenters. The van der Waals surface area contributed by atoms with Gasteiger partial charge in [-0.05, 0) is 73.4 Å². The highest BCUT2D eigenvalue weighted by Crippen LogP contribution is 2.36. The average molecular weight is 441 g/mol. The summed E-state index contributed by atoms with van der Waals surface area (Å²) in [5.41, 5.74) is 1.18. The predicted octanol–water partition coefficient (Wildman–Crippen LogP) is 3.40. The van der Waals surface area contributed by atoms with Gasteiger partial charge in [-0.2, -0.15) is 0 Å². The van der Waals surface area contributed by atoms with E-state index in [0.717, 1.165) is 22.5 Å². The van der Waals surface area contributed by atoms with Crippen molar-refractivity contribution in [3.8, 4) is 11.5 Å². The number of methoxy groups -OCH3 is 2. The summed E-state index contributed by atoms with van der Waals surface area (Å²) in [6, 6.07) is 4.00. The molecule has 0 amide bonds. The third-order valence-corrected chi connectivity index (χ3v) is 5.67. The first-order valence-corrected chi connectivity index (χ1v) is 10.3. The molecule has 0 atom stereocenters. The Labute approximate surface area is 171 Å². The third-order valence-electron chi connectivity index (χ3n) is 5.08. The molecule has 1 heterocycles. The molecule has 7 heteroatoms. The van der Waals surface area contributed by atoms with E-state index in [2.05, 4.69) is 50.3 Å². The van der Waals surface area contributed by atoms with Crippen molar-refractivity contribution in [2.45, 2.75) is 45.2 Å². The molecule has 1 aromatic rings. The topological polar surface area (TPSA) is 58.1 Å². The second kappa shape index (κ2) is 10.2. The number of rotatable bonds is 7. The predicted molar refractivity (Wildman–Crippen MR) is 115 cm³/mol. The fourth-order valence-electron chi connectivity index (χ4n) is 3.39. The van der Waals surface area contributed by atoms with Crippen LogP contribution in [0.1, 0.15) is 38.7 Å². The highest BCUT2D eigenvalue weighted by atomic mass is 79.9. The Morgan fingerprint density at radius 2 is 1.85 bits per heavy atom. The number of piperidine rings is 1. The summed E-state index contributed by atoms with van der Waals surface area (Å²) in [4.78, 5) is 6.93. The van der Waals surface area contributed by atoms with Gasteiger partial charge in [0, 0.05) is 25.7 Å². The number of likely N-dealkylation sites (tertiary alicyclic amines) is 1. The maximum atomic E-state index is 5.42. The maximum Gasteiger partial charge on any atom is 0.191 e. The van der Waals surface area contributed by atoms with Crippen LogP contribution in [0.4, 0.5) is 0 Å². The summed E-state index contributed by atoms with van der Waals surface area (Å²) in [5.74, 6) is 2.20. The lowest BCUT2D eigenvalue weighted by molar-refractivity contribution is 0.0982. The van der Waals surface area contributed by atoms with Crippen LogP contribution in [-0.2, 0) is 6.54 Å². The van der Waals surface area contributed by atoms with E-state index in [1.807, 2.05) is 12.1 Å². The van der Waals surface area contributed by atoms with Crippen LogP contribution in [0.3, 0.4) is 0 Å². The second-order valence-corrected chi connectivity index (χ2v) is 8.31. The van der Waals surface area contributed by atoms with Crippen molar-refractivity contribution in [1.29, 1.82) is 0 Å². The van der Waals surface area contributed by atoms with Crippen molar-refractivity contribution in [2.75, 3.05) is 40.9 Å². The van der Waals surface area contributed by atoms with E-state index in [4.69, 9.17) is 9.47 Å². The molecule has 1 aliphatic rings. The van der Waals surface area contributed by atoms with Crippen LogP contribution >= 0.6 is 15.9 Å². The molecule has 27 heavy (non-hydrogen) atoms. The summed E-state index contributed by atoms with van der Waals surface area (Å²) in [6.07, 6.45) is 3.94. The van der Waals surface area contributed by atoms with Crippen molar-refractivity contribution in [1.82, 2.24) is 15.5 Å². The highest BCUT2D eigenvalue weighted by Gasteiger charge is 2.27. The Morgan fingerprint density at radius 1 is 1.15 bits per heavy atom. The minimum absolute atomic E-state index is 0.102. The standard InChI is InChI=1S/C20H33BrN4O2/c1-20(2,25-9-7-6-8-10-25)14-24-19(22-3)23-13-15-11-16(21)18(27-5)17(12-15)26-4/h11-12H,6-10,13-14H2,1-5H3,(H2,22,23,24). The van der Waals surface area contributed by atoms with Gasteiger partial charge in [-0.1, -0.05) is 6.42 Å². The lowest BCUT2D eigenvalue weighted by Gasteiger charge is -2.41. The van der Waals surface area contributed by atoms with E-state index in [1.165, 1.54) is 32.4 Å². The van der Waals surface area contributed by atoms with Gasteiger partial charge in [0.15, 0.2) is 17.5 Å². The zero-order chi connectivity index (χ0) is 19.9. The van der Waals surface area contributed by atoms with Gasteiger partial charge in [0.05, 0.1) is 18.7 Å². The first-order valence-electron chi connectivity index (χ1n) is 9.51.